The molecule has 0 aromatic rings. The predicted octanol–water partition coefficient (Wildman–Crippen LogP) is -1.95. The Balaban J connectivity index is 3.60. The molecule has 0 aromatic carbocycles. The lowest BCUT2D eigenvalue weighted by atomic mass is 10.2. The van der Waals surface area contributed by atoms with Crippen LogP contribution >= 0.6 is 0 Å². The van der Waals surface area contributed by atoms with E-state index in [1.807, 2.05) is 0 Å². The van der Waals surface area contributed by atoms with Gasteiger partial charge in [-0.2, -0.15) is 0 Å². The lowest BCUT2D eigenvalue weighted by molar-refractivity contribution is -0.307. The highest BCUT2D eigenvalue weighted by Gasteiger charge is 2.10. The summed E-state index contributed by atoms with van der Waals surface area (Å²) in [5, 5.41) is 18.7. The van der Waals surface area contributed by atoms with E-state index in [1.54, 1.807) is 0 Å². The van der Waals surface area contributed by atoms with Gasteiger partial charge in [-0.15, -0.1) is 0 Å². The van der Waals surface area contributed by atoms with Crippen LogP contribution in [0.15, 0.2) is 0 Å². The number of rotatable bonds is 4. The first-order valence-electron chi connectivity index (χ1n) is 3.01. The second-order valence-electron chi connectivity index (χ2n) is 2.01. The Kier molecular flexibility index (Phi) is 4.21. The molecule has 0 aliphatic heterocycles. The summed E-state index contributed by atoms with van der Waals surface area (Å²) < 4.78 is 4.19. The average molecular weight is 161 g/mol. The number of ether oxygens (including phenoxy) is 1. The van der Waals surface area contributed by atoms with Crippen molar-refractivity contribution < 1.29 is 24.5 Å². The van der Waals surface area contributed by atoms with Gasteiger partial charge in [0, 0.05) is 12.4 Å². The van der Waals surface area contributed by atoms with Gasteiger partial charge in [0.2, 0.25) is 0 Å². The summed E-state index contributed by atoms with van der Waals surface area (Å²) in [6.45, 7) is 0. The molecule has 0 saturated carbocycles. The van der Waals surface area contributed by atoms with Crippen molar-refractivity contribution in [2.75, 3.05) is 7.11 Å². The van der Waals surface area contributed by atoms with Crippen LogP contribution < -0.4 is 5.11 Å². The molecule has 1 atom stereocenters. The van der Waals surface area contributed by atoms with Gasteiger partial charge in [0.25, 0.3) is 0 Å². The molecule has 0 fully saturated rings. The quantitative estimate of drug-likeness (QED) is 0.484. The second kappa shape index (κ2) is 4.68. The normalized spacial score (nSPS) is 12.2. The first-order chi connectivity index (χ1) is 5.06. The van der Waals surface area contributed by atoms with Crippen LogP contribution in [0.25, 0.3) is 0 Å². The highest BCUT2D eigenvalue weighted by atomic mass is 16.5. The van der Waals surface area contributed by atoms with E-state index in [4.69, 9.17) is 5.11 Å². The summed E-state index contributed by atoms with van der Waals surface area (Å²) in [4.78, 5) is 20.3. The molecule has 0 amide bonds. The predicted molar refractivity (Wildman–Crippen MR) is 32.3 cm³/mol. The number of esters is 1. The number of aliphatic carboxylic acids is 1. The van der Waals surface area contributed by atoms with Crippen LogP contribution in [0.3, 0.4) is 0 Å². The molecular formula is C6H9O5-. The van der Waals surface area contributed by atoms with E-state index in [1.165, 1.54) is 0 Å². The molecule has 0 rings (SSSR count). The van der Waals surface area contributed by atoms with E-state index in [9.17, 15) is 14.7 Å². The first-order valence-corrected chi connectivity index (χ1v) is 3.01. The van der Waals surface area contributed by atoms with Crippen molar-refractivity contribution in [1.29, 1.82) is 0 Å². The second-order valence-corrected chi connectivity index (χ2v) is 2.01. The fourth-order valence-electron chi connectivity index (χ4n) is 0.540. The van der Waals surface area contributed by atoms with Gasteiger partial charge < -0.3 is 19.7 Å². The Morgan fingerprint density at radius 2 is 2.09 bits per heavy atom. The van der Waals surface area contributed by atoms with Gasteiger partial charge in [-0.1, -0.05) is 0 Å². The summed E-state index contributed by atoms with van der Waals surface area (Å²) in [6.07, 6.45) is -2.08. The summed E-state index contributed by atoms with van der Waals surface area (Å²) in [7, 11) is 1.16. The number of carbonyl (C=O) groups is 2. The van der Waals surface area contributed by atoms with E-state index in [0.717, 1.165) is 7.11 Å². The van der Waals surface area contributed by atoms with Gasteiger partial charge in [-0.3, -0.25) is 4.79 Å². The molecule has 0 aliphatic carbocycles. The van der Waals surface area contributed by atoms with E-state index in [-0.39, 0.29) is 6.42 Å². The van der Waals surface area contributed by atoms with Crippen LogP contribution in [-0.4, -0.2) is 30.3 Å². The molecule has 0 bridgehead atoms. The van der Waals surface area contributed by atoms with Crippen molar-refractivity contribution in [3.63, 3.8) is 0 Å². The Bertz CT molecular complexity index is 153. The highest BCUT2D eigenvalue weighted by molar-refractivity contribution is 5.71. The SMILES string of the molecule is COC(=O)C[C@@H](O)CC(=O)[O-]. The van der Waals surface area contributed by atoms with Crippen molar-refractivity contribution in [2.24, 2.45) is 0 Å². The third kappa shape index (κ3) is 5.35. The number of methoxy groups -OCH3 is 1. The maximum Gasteiger partial charge on any atom is 0.308 e. The van der Waals surface area contributed by atoms with E-state index in [2.05, 4.69) is 4.74 Å². The molecule has 0 aliphatic rings. The molecule has 0 saturated heterocycles. The van der Waals surface area contributed by atoms with Gasteiger partial charge in [0.15, 0.2) is 0 Å². The van der Waals surface area contributed by atoms with Gasteiger partial charge >= 0.3 is 5.97 Å². The molecule has 11 heavy (non-hydrogen) atoms. The lowest BCUT2D eigenvalue weighted by Crippen LogP contribution is -2.28. The summed E-state index contributed by atoms with van der Waals surface area (Å²) in [6, 6.07) is 0. The van der Waals surface area contributed by atoms with Gasteiger partial charge in [-0.25, -0.2) is 0 Å². The van der Waals surface area contributed by atoms with Gasteiger partial charge in [0.05, 0.1) is 19.6 Å². The van der Waals surface area contributed by atoms with E-state index in [0.29, 0.717) is 0 Å². The molecule has 5 nitrogen and oxygen atoms in total. The maximum atomic E-state index is 10.4. The Morgan fingerprint density at radius 3 is 2.45 bits per heavy atom. The van der Waals surface area contributed by atoms with Crippen molar-refractivity contribution in [1.82, 2.24) is 0 Å². The van der Waals surface area contributed by atoms with Crippen LogP contribution in [0.5, 0.6) is 0 Å². The minimum atomic E-state index is -1.39. The third-order valence-corrected chi connectivity index (χ3v) is 1.03. The molecule has 1 N–H and O–H groups in total. The van der Waals surface area contributed by atoms with Crippen LogP contribution in [0.1, 0.15) is 12.8 Å². The molecule has 0 spiro atoms. The molecule has 0 heterocycles. The summed E-state index contributed by atoms with van der Waals surface area (Å²) in [5.74, 6) is -2.03. The molecule has 0 aromatic heterocycles. The average Bonchev–Trinajstić information content (AvgIpc) is 1.85. The molecule has 64 valence electrons. The lowest BCUT2D eigenvalue weighted by Gasteiger charge is -2.08. The first kappa shape index (κ1) is 9.90. The topological polar surface area (TPSA) is 86.7 Å². The zero-order chi connectivity index (χ0) is 8.85. The number of aliphatic hydroxyl groups is 1. The van der Waals surface area contributed by atoms with Crippen LogP contribution in [-0.2, 0) is 14.3 Å². The van der Waals surface area contributed by atoms with Crippen LogP contribution in [0.4, 0.5) is 0 Å². The Hall–Kier alpha value is -1.10. The van der Waals surface area contributed by atoms with Gasteiger partial charge in [0.1, 0.15) is 0 Å². The smallest absolute Gasteiger partial charge is 0.308 e. The Morgan fingerprint density at radius 1 is 1.55 bits per heavy atom. The van der Waals surface area contributed by atoms with Crippen molar-refractivity contribution >= 4 is 11.9 Å². The number of aliphatic hydroxyl groups excluding tert-OH is 1. The third-order valence-electron chi connectivity index (χ3n) is 1.03. The standard InChI is InChI=1S/C6H10O5/c1-11-6(10)3-4(7)2-5(8)9/h4,7H,2-3H2,1H3,(H,8,9)/p-1/t4-/m0/s1. The largest absolute Gasteiger partial charge is 0.550 e. The monoisotopic (exact) mass is 161 g/mol. The fourth-order valence-corrected chi connectivity index (χ4v) is 0.540. The fraction of sp³-hybridized carbons (Fsp3) is 0.667. The van der Waals surface area contributed by atoms with E-state index >= 15 is 0 Å². The summed E-state index contributed by atoms with van der Waals surface area (Å²) >= 11 is 0. The zero-order valence-electron chi connectivity index (χ0n) is 6.07. The van der Waals surface area contributed by atoms with E-state index < -0.39 is 24.5 Å². The number of carboxylic acids is 1. The minimum absolute atomic E-state index is 0.315. The molecular weight excluding hydrogens is 152 g/mol. The molecule has 5 heteroatoms. The number of hydrogen-bond acceptors (Lipinski definition) is 5. The molecule has 0 unspecified atom stereocenters. The molecule has 0 radical (unpaired) electrons. The number of hydrogen-bond donors (Lipinski definition) is 1. The summed E-state index contributed by atoms with van der Waals surface area (Å²) in [5.41, 5.74) is 0. The van der Waals surface area contributed by atoms with Gasteiger partial charge in [-0.05, 0) is 0 Å². The minimum Gasteiger partial charge on any atom is -0.550 e. The van der Waals surface area contributed by atoms with Crippen molar-refractivity contribution in [2.45, 2.75) is 18.9 Å². The van der Waals surface area contributed by atoms with Crippen LogP contribution in [0.2, 0.25) is 0 Å². The van der Waals surface area contributed by atoms with Crippen LogP contribution in [0, 0.1) is 0 Å². The van der Waals surface area contributed by atoms with Crippen molar-refractivity contribution in [3.05, 3.63) is 0 Å². The number of carbonyl (C=O) groups excluding carboxylic acids is 2. The Labute approximate surface area is 63.6 Å². The van der Waals surface area contributed by atoms with Crippen molar-refractivity contribution in [3.8, 4) is 0 Å². The maximum absolute atomic E-state index is 10.4. The highest BCUT2D eigenvalue weighted by Crippen LogP contribution is 1.97. The zero-order valence-corrected chi connectivity index (χ0v) is 6.07. The number of carboxylic acid groups (broad SMARTS) is 1.